The lowest BCUT2D eigenvalue weighted by molar-refractivity contribution is 0.200. The number of pyridine rings is 1. The SMILES string of the molecule is COc1cc2ccnc(N3CC(CO)C3)c2cc1OC. The highest BCUT2D eigenvalue weighted by molar-refractivity contribution is 5.94. The molecule has 0 radical (unpaired) electrons. The van der Waals surface area contributed by atoms with E-state index in [0.29, 0.717) is 17.4 Å². The minimum atomic E-state index is 0.235. The quantitative estimate of drug-likeness (QED) is 0.919. The van der Waals surface area contributed by atoms with E-state index in [-0.39, 0.29) is 6.61 Å². The first-order chi connectivity index (χ1) is 9.76. The normalized spacial score (nSPS) is 15.2. The molecule has 20 heavy (non-hydrogen) atoms. The van der Waals surface area contributed by atoms with E-state index in [0.717, 1.165) is 29.7 Å². The average Bonchev–Trinajstić information content (AvgIpc) is 2.44. The minimum Gasteiger partial charge on any atom is -0.493 e. The molecular weight excluding hydrogens is 256 g/mol. The smallest absolute Gasteiger partial charge is 0.161 e. The van der Waals surface area contributed by atoms with Crippen molar-refractivity contribution in [1.29, 1.82) is 0 Å². The number of ether oxygens (including phenoxy) is 2. The van der Waals surface area contributed by atoms with E-state index in [1.54, 1.807) is 20.4 Å². The molecule has 0 aliphatic carbocycles. The molecule has 1 N–H and O–H groups in total. The summed E-state index contributed by atoms with van der Waals surface area (Å²) >= 11 is 0. The van der Waals surface area contributed by atoms with Gasteiger partial charge in [-0.25, -0.2) is 4.98 Å². The number of methoxy groups -OCH3 is 2. The van der Waals surface area contributed by atoms with Crippen molar-refractivity contribution in [2.75, 3.05) is 38.8 Å². The average molecular weight is 274 g/mol. The van der Waals surface area contributed by atoms with Crippen molar-refractivity contribution >= 4 is 16.6 Å². The second kappa shape index (κ2) is 5.17. The molecule has 5 nitrogen and oxygen atoms in total. The van der Waals surface area contributed by atoms with Gasteiger partial charge in [0.2, 0.25) is 0 Å². The van der Waals surface area contributed by atoms with Crippen LogP contribution in [0.3, 0.4) is 0 Å². The number of nitrogens with zero attached hydrogens (tertiary/aromatic N) is 2. The molecule has 1 aliphatic rings. The Hall–Kier alpha value is -2.01. The molecule has 1 aliphatic heterocycles. The van der Waals surface area contributed by atoms with Gasteiger partial charge in [0.05, 0.1) is 14.2 Å². The molecule has 3 rings (SSSR count). The van der Waals surface area contributed by atoms with Crippen molar-refractivity contribution in [2.45, 2.75) is 0 Å². The first-order valence-corrected chi connectivity index (χ1v) is 6.63. The van der Waals surface area contributed by atoms with Crippen LogP contribution in [0.25, 0.3) is 10.8 Å². The van der Waals surface area contributed by atoms with Crippen LogP contribution in [-0.4, -0.2) is 44.0 Å². The number of aliphatic hydroxyl groups excluding tert-OH is 1. The largest absolute Gasteiger partial charge is 0.493 e. The topological polar surface area (TPSA) is 54.8 Å². The lowest BCUT2D eigenvalue weighted by Crippen LogP contribution is -2.48. The summed E-state index contributed by atoms with van der Waals surface area (Å²) in [5.74, 6) is 2.71. The van der Waals surface area contributed by atoms with Gasteiger partial charge in [0.15, 0.2) is 11.5 Å². The zero-order chi connectivity index (χ0) is 14.1. The van der Waals surface area contributed by atoms with Crippen LogP contribution in [0.5, 0.6) is 11.5 Å². The Morgan fingerprint density at radius 1 is 1.25 bits per heavy atom. The zero-order valence-corrected chi connectivity index (χ0v) is 11.7. The van der Waals surface area contributed by atoms with Gasteiger partial charge in [-0.2, -0.15) is 0 Å². The molecule has 2 aromatic rings. The lowest BCUT2D eigenvalue weighted by Gasteiger charge is -2.39. The second-order valence-electron chi connectivity index (χ2n) is 5.02. The predicted octanol–water partition coefficient (Wildman–Crippen LogP) is 1.68. The van der Waals surface area contributed by atoms with Crippen LogP contribution in [0.1, 0.15) is 0 Å². The van der Waals surface area contributed by atoms with E-state index in [4.69, 9.17) is 14.6 Å². The lowest BCUT2D eigenvalue weighted by atomic mass is 10.00. The highest BCUT2D eigenvalue weighted by Gasteiger charge is 2.28. The van der Waals surface area contributed by atoms with Gasteiger partial charge < -0.3 is 19.5 Å². The van der Waals surface area contributed by atoms with Gasteiger partial charge in [0, 0.05) is 37.2 Å². The third-order valence-electron chi connectivity index (χ3n) is 3.76. The van der Waals surface area contributed by atoms with Gasteiger partial charge in [0.25, 0.3) is 0 Å². The number of fused-ring (bicyclic) bond motifs is 1. The summed E-state index contributed by atoms with van der Waals surface area (Å²) in [6.07, 6.45) is 1.80. The van der Waals surface area contributed by atoms with E-state index in [2.05, 4.69) is 9.88 Å². The number of hydrogen-bond acceptors (Lipinski definition) is 5. The van der Waals surface area contributed by atoms with Crippen LogP contribution in [0, 0.1) is 5.92 Å². The second-order valence-corrected chi connectivity index (χ2v) is 5.02. The molecule has 0 saturated carbocycles. The number of rotatable bonds is 4. The van der Waals surface area contributed by atoms with Crippen LogP contribution < -0.4 is 14.4 Å². The van der Waals surface area contributed by atoms with E-state index < -0.39 is 0 Å². The summed E-state index contributed by atoms with van der Waals surface area (Å²) < 4.78 is 10.7. The summed E-state index contributed by atoms with van der Waals surface area (Å²) in [6, 6.07) is 5.88. The molecule has 0 spiro atoms. The monoisotopic (exact) mass is 274 g/mol. The Kier molecular flexibility index (Phi) is 3.36. The molecule has 106 valence electrons. The van der Waals surface area contributed by atoms with Gasteiger partial charge >= 0.3 is 0 Å². The van der Waals surface area contributed by atoms with Crippen molar-refractivity contribution in [2.24, 2.45) is 5.92 Å². The van der Waals surface area contributed by atoms with Crippen LogP contribution in [0.15, 0.2) is 24.4 Å². The fourth-order valence-corrected chi connectivity index (χ4v) is 2.59. The standard InChI is InChI=1S/C15H18N2O3/c1-19-13-5-11-3-4-16-15(12(11)6-14(13)20-2)17-7-10(8-17)9-18/h3-6,10,18H,7-9H2,1-2H3. The summed E-state index contributed by atoms with van der Waals surface area (Å²) in [5, 5.41) is 11.2. The molecule has 0 unspecified atom stereocenters. The Balaban J connectivity index is 2.05. The minimum absolute atomic E-state index is 0.235. The van der Waals surface area contributed by atoms with Gasteiger partial charge in [-0.1, -0.05) is 0 Å². The molecule has 0 bridgehead atoms. The van der Waals surface area contributed by atoms with Gasteiger partial charge in [-0.3, -0.25) is 0 Å². The van der Waals surface area contributed by atoms with Crippen molar-refractivity contribution in [3.8, 4) is 11.5 Å². The maximum absolute atomic E-state index is 9.13. The highest BCUT2D eigenvalue weighted by Crippen LogP contribution is 2.37. The van der Waals surface area contributed by atoms with E-state index >= 15 is 0 Å². The van der Waals surface area contributed by atoms with E-state index in [1.807, 2.05) is 18.2 Å². The Bertz CT molecular complexity index is 624. The maximum Gasteiger partial charge on any atom is 0.161 e. The van der Waals surface area contributed by atoms with Crippen LogP contribution in [0.4, 0.5) is 5.82 Å². The third kappa shape index (κ3) is 2.04. The van der Waals surface area contributed by atoms with Crippen molar-refractivity contribution in [3.63, 3.8) is 0 Å². The number of hydrogen-bond donors (Lipinski definition) is 1. The van der Waals surface area contributed by atoms with E-state index in [1.165, 1.54) is 0 Å². The fraction of sp³-hybridized carbons (Fsp3) is 0.400. The first-order valence-electron chi connectivity index (χ1n) is 6.63. The molecule has 1 fully saturated rings. The Labute approximate surface area is 117 Å². The van der Waals surface area contributed by atoms with Gasteiger partial charge in [0.1, 0.15) is 5.82 Å². The maximum atomic E-state index is 9.13. The molecule has 2 heterocycles. The van der Waals surface area contributed by atoms with Crippen LogP contribution >= 0.6 is 0 Å². The Morgan fingerprint density at radius 2 is 1.95 bits per heavy atom. The predicted molar refractivity (Wildman–Crippen MR) is 77.6 cm³/mol. The molecular formula is C15H18N2O3. The van der Waals surface area contributed by atoms with Crippen molar-refractivity contribution in [3.05, 3.63) is 24.4 Å². The number of aliphatic hydroxyl groups is 1. The Morgan fingerprint density at radius 3 is 2.60 bits per heavy atom. The third-order valence-corrected chi connectivity index (χ3v) is 3.76. The summed E-state index contributed by atoms with van der Waals surface area (Å²) in [6.45, 7) is 1.92. The number of aromatic nitrogens is 1. The highest BCUT2D eigenvalue weighted by atomic mass is 16.5. The number of anilines is 1. The first kappa shape index (κ1) is 13.0. The van der Waals surface area contributed by atoms with Gasteiger partial charge in [-0.05, 0) is 23.6 Å². The van der Waals surface area contributed by atoms with E-state index in [9.17, 15) is 0 Å². The molecule has 1 saturated heterocycles. The molecule has 0 amide bonds. The fourth-order valence-electron chi connectivity index (χ4n) is 2.59. The molecule has 1 aromatic heterocycles. The summed E-state index contributed by atoms with van der Waals surface area (Å²) in [5.41, 5.74) is 0. The molecule has 5 heteroatoms. The van der Waals surface area contributed by atoms with Crippen molar-refractivity contribution in [1.82, 2.24) is 4.98 Å². The van der Waals surface area contributed by atoms with Crippen LogP contribution in [-0.2, 0) is 0 Å². The summed E-state index contributed by atoms with van der Waals surface area (Å²) in [7, 11) is 3.26. The van der Waals surface area contributed by atoms with Crippen LogP contribution in [0.2, 0.25) is 0 Å². The summed E-state index contributed by atoms with van der Waals surface area (Å²) in [4.78, 5) is 6.65. The van der Waals surface area contributed by atoms with Crippen molar-refractivity contribution < 1.29 is 14.6 Å². The number of benzene rings is 1. The molecule has 1 aromatic carbocycles. The zero-order valence-electron chi connectivity index (χ0n) is 11.7. The molecule has 0 atom stereocenters. The van der Waals surface area contributed by atoms with Gasteiger partial charge in [-0.15, -0.1) is 0 Å².